The van der Waals surface area contributed by atoms with Gasteiger partial charge in [0.15, 0.2) is 24.1 Å². The molecule has 0 radical (unpaired) electrons. The molecule has 9 atom stereocenters. The van der Waals surface area contributed by atoms with Gasteiger partial charge in [0.05, 0.1) is 25.9 Å². The number of nitrogens with zero attached hydrogens (tertiary/aromatic N) is 2. The second-order valence-corrected chi connectivity index (χ2v) is 15.4. The van der Waals surface area contributed by atoms with Gasteiger partial charge in [-0.05, 0) is 82.3 Å². The van der Waals surface area contributed by atoms with Crippen molar-refractivity contribution < 1.29 is 72.6 Å². The van der Waals surface area contributed by atoms with Crippen LogP contribution in [0.15, 0.2) is 23.8 Å². The Kier molecular flexibility index (Phi) is 14.2. The minimum atomic E-state index is -2.18. The van der Waals surface area contributed by atoms with Crippen molar-refractivity contribution in [2.75, 3.05) is 33.0 Å². The molecule has 4 rings (SSSR count). The Morgan fingerprint density at radius 2 is 1.62 bits per heavy atom. The summed E-state index contributed by atoms with van der Waals surface area (Å²) >= 11 is 0. The van der Waals surface area contributed by atoms with Gasteiger partial charge in [-0.1, -0.05) is 31.9 Å². The summed E-state index contributed by atoms with van der Waals surface area (Å²) in [4.78, 5) is 93.0. The number of unbranched alkanes of at least 4 members (excludes halogenated alkanes) is 3. The molecule has 0 saturated heterocycles. The fraction of sp³-hybridized carbons (Fsp3) is 0.750. The smallest absolute Gasteiger partial charge is 0.464 e. The molecule has 0 spiro atoms. The van der Waals surface area contributed by atoms with Gasteiger partial charge in [-0.15, -0.1) is 20.2 Å². The van der Waals surface area contributed by atoms with Gasteiger partial charge in [0.1, 0.15) is 12.2 Å². The number of esters is 1. The largest absolute Gasteiger partial charge is 0.508 e. The summed E-state index contributed by atoms with van der Waals surface area (Å²) in [5.41, 5.74) is -6.32. The molecular weight excluding hydrogens is 749 g/mol. The Balaban J connectivity index is 1.36. The average Bonchev–Trinajstić information content (AvgIpc) is 3.33. The summed E-state index contributed by atoms with van der Waals surface area (Å²) in [6.45, 7) is 2.54. The van der Waals surface area contributed by atoms with Crippen LogP contribution in [0.3, 0.4) is 0 Å². The van der Waals surface area contributed by atoms with Crippen molar-refractivity contribution in [3.05, 3.63) is 44.0 Å². The van der Waals surface area contributed by atoms with Crippen LogP contribution < -0.4 is 5.32 Å². The zero-order valence-corrected chi connectivity index (χ0v) is 31.6. The third-order valence-corrected chi connectivity index (χ3v) is 12.2. The summed E-state index contributed by atoms with van der Waals surface area (Å²) in [6.07, 6.45) is 2.98. The van der Waals surface area contributed by atoms with Crippen molar-refractivity contribution in [3.8, 4) is 0 Å². The molecule has 0 aromatic rings. The molecule has 1 unspecified atom stereocenters. The number of halogens is 1. The molecule has 20 heteroatoms. The first-order chi connectivity index (χ1) is 26.3. The van der Waals surface area contributed by atoms with Crippen LogP contribution in [0.1, 0.15) is 85.0 Å². The van der Waals surface area contributed by atoms with Crippen LogP contribution in [0.25, 0.3) is 0 Å². The number of rotatable bonds is 20. The molecule has 3 saturated carbocycles. The number of aliphatic hydroxyl groups is 2. The van der Waals surface area contributed by atoms with Gasteiger partial charge >= 0.3 is 12.1 Å². The number of amides is 1. The van der Waals surface area contributed by atoms with E-state index < -0.39 is 99.2 Å². The number of hydrogen-bond donors (Lipinski definition) is 3. The van der Waals surface area contributed by atoms with E-state index in [-0.39, 0.29) is 77.0 Å². The molecule has 0 aromatic heterocycles. The molecule has 1 amide bonds. The van der Waals surface area contributed by atoms with E-state index in [0.717, 1.165) is 0 Å². The van der Waals surface area contributed by atoms with Gasteiger partial charge in [0.2, 0.25) is 11.7 Å². The molecule has 4 aliphatic carbocycles. The molecule has 4 aliphatic rings. The third kappa shape index (κ3) is 8.95. The number of carbonyl (C=O) groups is 5. The highest BCUT2D eigenvalue weighted by Crippen LogP contribution is 2.70. The van der Waals surface area contributed by atoms with Crippen molar-refractivity contribution in [2.45, 2.75) is 108 Å². The predicted molar refractivity (Wildman–Crippen MR) is 187 cm³/mol. The van der Waals surface area contributed by atoms with Crippen LogP contribution in [0.4, 0.5) is 9.18 Å². The Morgan fingerprint density at radius 1 is 0.982 bits per heavy atom. The average molecular weight is 800 g/mol. The molecule has 0 heterocycles. The Morgan fingerprint density at radius 3 is 2.29 bits per heavy atom. The molecule has 56 heavy (non-hydrogen) atoms. The van der Waals surface area contributed by atoms with Crippen LogP contribution >= 0.6 is 0 Å². The lowest BCUT2D eigenvalue weighted by molar-refractivity contribution is -0.757. The molecule has 19 nitrogen and oxygen atoms in total. The first-order valence-corrected chi connectivity index (χ1v) is 18.7. The normalized spacial score (nSPS) is 32.0. The molecule has 0 aromatic carbocycles. The number of Topliss-reactive ketones (excluding diaryl/α,β-unsaturated/α-hetero) is 1. The molecule has 0 aliphatic heterocycles. The highest BCUT2D eigenvalue weighted by molar-refractivity contribution is 6.01. The van der Waals surface area contributed by atoms with Gasteiger partial charge in [-0.2, -0.15) is 0 Å². The number of alkyl halides is 1. The minimum absolute atomic E-state index is 0.109. The van der Waals surface area contributed by atoms with Crippen molar-refractivity contribution in [1.29, 1.82) is 0 Å². The van der Waals surface area contributed by atoms with E-state index in [0.29, 0.717) is 18.4 Å². The predicted octanol–water partition coefficient (Wildman–Crippen LogP) is 2.84. The van der Waals surface area contributed by atoms with Crippen LogP contribution in [0.5, 0.6) is 0 Å². The molecule has 3 N–H and O–H groups in total. The lowest BCUT2D eigenvalue weighted by Crippen LogP contribution is -2.69. The van der Waals surface area contributed by atoms with Gasteiger partial charge in [0.25, 0.3) is 10.2 Å². The van der Waals surface area contributed by atoms with E-state index in [2.05, 4.69) is 15.0 Å². The van der Waals surface area contributed by atoms with Gasteiger partial charge in [-0.3, -0.25) is 14.4 Å². The highest BCUT2D eigenvalue weighted by Gasteiger charge is 2.75. The van der Waals surface area contributed by atoms with Crippen molar-refractivity contribution in [2.24, 2.45) is 28.6 Å². The first kappa shape index (κ1) is 44.0. The highest BCUT2D eigenvalue weighted by atomic mass is 19.1. The summed E-state index contributed by atoms with van der Waals surface area (Å²) < 4.78 is 32.7. The maximum absolute atomic E-state index is 17.4. The van der Waals surface area contributed by atoms with Crippen LogP contribution in [0.2, 0.25) is 0 Å². The maximum atomic E-state index is 17.4. The molecule has 3 fully saturated rings. The summed E-state index contributed by atoms with van der Waals surface area (Å²) in [6, 6.07) is -1.54. The minimum Gasteiger partial charge on any atom is -0.464 e. The second kappa shape index (κ2) is 18.0. The number of ether oxygens (including phenoxy) is 3. The van der Waals surface area contributed by atoms with E-state index in [1.807, 2.05) is 0 Å². The quantitative estimate of drug-likeness (QED) is 0.0691. The maximum Gasteiger partial charge on any atom is 0.508 e. The van der Waals surface area contributed by atoms with Gasteiger partial charge in [0, 0.05) is 23.2 Å². The van der Waals surface area contributed by atoms with Crippen LogP contribution in [0, 0.1) is 48.8 Å². The van der Waals surface area contributed by atoms with Crippen molar-refractivity contribution in [3.63, 3.8) is 0 Å². The number of allylic oxidation sites excluding steroid dienone is 4. The SMILES string of the molecule is C[C@@H]1C[C@H]2[C@@H]3CCC4=CC(=O)C=C[C@]4(C)[C@@]3(F)[C@@H](O)C[C@]2(C)[C@@]1(O)C(=O)COC(=O)OCC(NC(=O)CCCCCO[N+](=O)[O-])C(=O)OCCCCO[N+](=O)[O-]. The molecule has 312 valence electrons. The van der Waals surface area contributed by atoms with Crippen LogP contribution in [-0.4, -0.2) is 106 Å². The van der Waals surface area contributed by atoms with Crippen LogP contribution in [-0.2, 0) is 43.1 Å². The number of ketones is 2. The number of fused-ring (bicyclic) bond motifs is 5. The number of nitrogens with one attached hydrogen (secondary N) is 1. The Bertz CT molecular complexity index is 1610. The van der Waals surface area contributed by atoms with Crippen molar-refractivity contribution in [1.82, 2.24) is 5.32 Å². The lowest BCUT2D eigenvalue weighted by atomic mass is 9.44. The first-order valence-electron chi connectivity index (χ1n) is 18.7. The van der Waals surface area contributed by atoms with E-state index in [1.165, 1.54) is 18.2 Å². The number of hydrogen-bond acceptors (Lipinski definition) is 16. The fourth-order valence-corrected chi connectivity index (χ4v) is 9.32. The molecular formula is C36H50FN3O16. The lowest BCUT2D eigenvalue weighted by Gasteiger charge is -2.62. The van der Waals surface area contributed by atoms with E-state index in [4.69, 9.17) is 14.2 Å². The summed E-state index contributed by atoms with van der Waals surface area (Å²) in [7, 11) is 0. The topological polar surface area (TPSA) is 270 Å². The zero-order valence-electron chi connectivity index (χ0n) is 31.6. The van der Waals surface area contributed by atoms with E-state index in [1.54, 1.807) is 20.8 Å². The van der Waals surface area contributed by atoms with Gasteiger partial charge < -0.3 is 39.4 Å². The fourth-order valence-electron chi connectivity index (χ4n) is 9.32. The second-order valence-electron chi connectivity index (χ2n) is 15.4. The number of aliphatic hydroxyl groups excluding tert-OH is 1. The van der Waals surface area contributed by atoms with Crippen molar-refractivity contribution >= 4 is 29.6 Å². The standard InChI is InChI=1S/C36H50FN3O16/c1-22-17-26-25-11-10-23-18-24(41)12-13-33(23,2)35(25,37)28(42)19-34(26,3)36(22,47)29(43)21-54-32(46)53-20-27(31(45)52-14-7-8-16-56-40(50)51)38-30(44)9-5-4-6-15-55-39(48)49/h12-13,18,22,25-28,42,47H,4-11,14-17,19-21H2,1-3H3,(H,38,44)/t22-,25+,26+,27?,28+,33+,34+,35+,36+/m1/s1. The molecule has 0 bridgehead atoms. The summed E-state index contributed by atoms with van der Waals surface area (Å²) in [5.74, 6) is -4.87. The number of carbonyl (C=O) groups excluding carboxylic acids is 5. The monoisotopic (exact) mass is 799 g/mol. The Hall–Kier alpha value is -4.72. The summed E-state index contributed by atoms with van der Waals surface area (Å²) in [5, 5.41) is 44.7. The zero-order chi connectivity index (χ0) is 41.5. The van der Waals surface area contributed by atoms with E-state index in [9.17, 15) is 54.4 Å². The van der Waals surface area contributed by atoms with E-state index >= 15 is 4.39 Å². The Labute approximate surface area is 321 Å². The third-order valence-electron chi connectivity index (χ3n) is 12.2. The van der Waals surface area contributed by atoms with Gasteiger partial charge in [-0.25, -0.2) is 14.0 Å².